The molecule has 0 aromatic carbocycles. The summed E-state index contributed by atoms with van der Waals surface area (Å²) in [6, 6.07) is 0. The van der Waals surface area contributed by atoms with E-state index in [1.54, 1.807) is 0 Å². The van der Waals surface area contributed by atoms with Crippen molar-refractivity contribution in [3.05, 3.63) is 36.0 Å². The lowest BCUT2D eigenvalue weighted by molar-refractivity contribution is -0.105. The lowest BCUT2D eigenvalue weighted by Gasteiger charge is -2.29. The Hall–Kier alpha value is -1.11. The highest BCUT2D eigenvalue weighted by atomic mass is 16.1. The van der Waals surface area contributed by atoms with E-state index >= 15 is 0 Å². The fraction of sp³-hybridized carbons (Fsp3) is 0.417. The van der Waals surface area contributed by atoms with Gasteiger partial charge in [0.05, 0.1) is 0 Å². The van der Waals surface area contributed by atoms with Gasteiger partial charge in [0.15, 0.2) is 0 Å². The molecule has 0 N–H and O–H groups in total. The number of fused-ring (bicyclic) bond motifs is 1. The standard InChI is InChI=1S/C12H12O/c13-8-10-7-12-4-2-1-3-11(12)5-9(10)6-12/h1-4,7-9,11H,5-6H2. The lowest BCUT2D eigenvalue weighted by Crippen LogP contribution is -2.20. The van der Waals surface area contributed by atoms with Gasteiger partial charge in [0, 0.05) is 5.41 Å². The number of carbonyl (C=O) groups is 1. The fourth-order valence-corrected chi connectivity index (χ4v) is 3.10. The highest BCUT2D eigenvalue weighted by molar-refractivity contribution is 5.76. The first-order chi connectivity index (χ1) is 6.34. The van der Waals surface area contributed by atoms with Crippen molar-refractivity contribution in [2.24, 2.45) is 17.3 Å². The molecule has 0 saturated heterocycles. The molecule has 3 unspecified atom stereocenters. The Labute approximate surface area is 77.8 Å². The number of rotatable bonds is 1. The summed E-state index contributed by atoms with van der Waals surface area (Å²) in [5, 5.41) is 0. The van der Waals surface area contributed by atoms with E-state index in [9.17, 15) is 4.79 Å². The number of carbonyl (C=O) groups excluding carboxylic acids is 1. The van der Waals surface area contributed by atoms with Crippen molar-refractivity contribution >= 4 is 6.29 Å². The predicted octanol–water partition coefficient (Wildman–Crippen LogP) is 2.26. The Morgan fingerprint density at radius 1 is 1.46 bits per heavy atom. The van der Waals surface area contributed by atoms with Crippen LogP contribution < -0.4 is 0 Å². The largest absolute Gasteiger partial charge is 0.298 e. The van der Waals surface area contributed by atoms with Gasteiger partial charge < -0.3 is 0 Å². The molecule has 0 heterocycles. The van der Waals surface area contributed by atoms with Gasteiger partial charge in [-0.1, -0.05) is 30.4 Å². The van der Waals surface area contributed by atoms with Crippen LogP contribution in [0, 0.1) is 17.3 Å². The van der Waals surface area contributed by atoms with Gasteiger partial charge in [-0.15, -0.1) is 0 Å². The van der Waals surface area contributed by atoms with E-state index in [1.165, 1.54) is 6.42 Å². The zero-order valence-corrected chi connectivity index (χ0v) is 7.44. The van der Waals surface area contributed by atoms with E-state index in [0.717, 1.165) is 18.3 Å². The molecule has 0 aromatic rings. The SMILES string of the molecule is O=CC1=CC23C=CC=CC2CC1C3. The first-order valence-corrected chi connectivity index (χ1v) is 4.88. The first kappa shape index (κ1) is 7.31. The minimum atomic E-state index is 0.218. The van der Waals surface area contributed by atoms with E-state index < -0.39 is 0 Å². The third-order valence-corrected chi connectivity index (χ3v) is 3.73. The second-order valence-electron chi connectivity index (χ2n) is 4.36. The van der Waals surface area contributed by atoms with Crippen LogP contribution in [0.5, 0.6) is 0 Å². The number of allylic oxidation sites excluding steroid dienone is 6. The second kappa shape index (κ2) is 2.22. The molecule has 3 aliphatic rings. The van der Waals surface area contributed by atoms with Crippen molar-refractivity contribution < 1.29 is 4.79 Å². The quantitative estimate of drug-likeness (QED) is 0.554. The van der Waals surface area contributed by atoms with Gasteiger partial charge in [0.2, 0.25) is 0 Å². The first-order valence-electron chi connectivity index (χ1n) is 4.88. The molecule has 66 valence electrons. The molecule has 0 radical (unpaired) electrons. The molecule has 1 heteroatoms. The highest BCUT2D eigenvalue weighted by Crippen LogP contribution is 2.58. The Kier molecular flexibility index (Phi) is 1.25. The average Bonchev–Trinajstić information content (AvgIpc) is 2.69. The van der Waals surface area contributed by atoms with Crippen molar-refractivity contribution in [3.8, 4) is 0 Å². The summed E-state index contributed by atoms with van der Waals surface area (Å²) in [5.41, 5.74) is 1.26. The van der Waals surface area contributed by atoms with Gasteiger partial charge in [-0.3, -0.25) is 4.79 Å². The summed E-state index contributed by atoms with van der Waals surface area (Å²) in [4.78, 5) is 10.8. The van der Waals surface area contributed by atoms with E-state index in [-0.39, 0.29) is 5.41 Å². The van der Waals surface area contributed by atoms with Crippen molar-refractivity contribution in [1.29, 1.82) is 0 Å². The molecule has 3 aliphatic carbocycles. The van der Waals surface area contributed by atoms with Crippen molar-refractivity contribution in [3.63, 3.8) is 0 Å². The minimum absolute atomic E-state index is 0.218. The molecule has 0 aliphatic heterocycles. The minimum Gasteiger partial charge on any atom is -0.298 e. The summed E-state index contributed by atoms with van der Waals surface area (Å²) in [5.74, 6) is 1.20. The van der Waals surface area contributed by atoms with E-state index in [0.29, 0.717) is 11.8 Å². The zero-order chi connectivity index (χ0) is 8.89. The fourth-order valence-electron chi connectivity index (χ4n) is 3.10. The Morgan fingerprint density at radius 2 is 2.38 bits per heavy atom. The second-order valence-corrected chi connectivity index (χ2v) is 4.36. The summed E-state index contributed by atoms with van der Waals surface area (Å²) >= 11 is 0. The van der Waals surface area contributed by atoms with Crippen LogP contribution in [-0.2, 0) is 4.79 Å². The van der Waals surface area contributed by atoms with E-state index in [4.69, 9.17) is 0 Å². The number of aldehydes is 1. The predicted molar refractivity (Wildman–Crippen MR) is 51.1 cm³/mol. The van der Waals surface area contributed by atoms with Crippen LogP contribution >= 0.6 is 0 Å². The number of hydrogen-bond donors (Lipinski definition) is 0. The number of hydrogen-bond acceptors (Lipinski definition) is 1. The molecule has 0 amide bonds. The lowest BCUT2D eigenvalue weighted by atomic mass is 9.75. The highest BCUT2D eigenvalue weighted by Gasteiger charge is 2.49. The molecule has 0 aromatic heterocycles. The average molecular weight is 172 g/mol. The Bertz CT molecular complexity index is 348. The van der Waals surface area contributed by atoms with Crippen LogP contribution in [-0.4, -0.2) is 6.29 Å². The van der Waals surface area contributed by atoms with Gasteiger partial charge in [-0.2, -0.15) is 0 Å². The van der Waals surface area contributed by atoms with Crippen LogP contribution in [0.15, 0.2) is 36.0 Å². The summed E-state index contributed by atoms with van der Waals surface area (Å²) < 4.78 is 0. The molecule has 1 saturated carbocycles. The van der Waals surface area contributed by atoms with Gasteiger partial charge >= 0.3 is 0 Å². The van der Waals surface area contributed by atoms with Crippen LogP contribution in [0.1, 0.15) is 12.8 Å². The van der Waals surface area contributed by atoms with Gasteiger partial charge in [0.1, 0.15) is 6.29 Å². The molecule has 1 nitrogen and oxygen atoms in total. The molecule has 1 fully saturated rings. The topological polar surface area (TPSA) is 17.1 Å². The van der Waals surface area contributed by atoms with Crippen molar-refractivity contribution in [2.75, 3.05) is 0 Å². The molecule has 3 atom stereocenters. The summed E-state index contributed by atoms with van der Waals surface area (Å²) in [6.45, 7) is 0. The summed E-state index contributed by atoms with van der Waals surface area (Å²) in [7, 11) is 0. The van der Waals surface area contributed by atoms with Gasteiger partial charge in [0.25, 0.3) is 0 Å². The summed E-state index contributed by atoms with van der Waals surface area (Å²) in [6.07, 6.45) is 14.4. The Balaban J connectivity index is 2.09. The maximum absolute atomic E-state index is 10.8. The van der Waals surface area contributed by atoms with E-state index in [1.807, 2.05) is 0 Å². The van der Waals surface area contributed by atoms with E-state index in [2.05, 4.69) is 30.4 Å². The molecular formula is C12H12O. The van der Waals surface area contributed by atoms with Crippen molar-refractivity contribution in [1.82, 2.24) is 0 Å². The monoisotopic (exact) mass is 172 g/mol. The maximum atomic E-state index is 10.8. The third-order valence-electron chi connectivity index (χ3n) is 3.73. The van der Waals surface area contributed by atoms with Crippen LogP contribution in [0.3, 0.4) is 0 Å². The zero-order valence-electron chi connectivity index (χ0n) is 7.44. The normalized spacial score (nSPS) is 44.8. The van der Waals surface area contributed by atoms with Crippen LogP contribution in [0.4, 0.5) is 0 Å². The molecular weight excluding hydrogens is 160 g/mol. The molecule has 13 heavy (non-hydrogen) atoms. The van der Waals surface area contributed by atoms with Crippen molar-refractivity contribution in [2.45, 2.75) is 12.8 Å². The Morgan fingerprint density at radius 3 is 3.23 bits per heavy atom. The smallest absolute Gasteiger partial charge is 0.146 e. The van der Waals surface area contributed by atoms with Crippen LogP contribution in [0.25, 0.3) is 0 Å². The van der Waals surface area contributed by atoms with Crippen LogP contribution in [0.2, 0.25) is 0 Å². The molecule has 3 rings (SSSR count). The molecule has 2 bridgehead atoms. The maximum Gasteiger partial charge on any atom is 0.146 e. The van der Waals surface area contributed by atoms with Gasteiger partial charge in [-0.05, 0) is 30.3 Å². The van der Waals surface area contributed by atoms with Gasteiger partial charge in [-0.25, -0.2) is 0 Å². The third kappa shape index (κ3) is 0.796. The molecule has 1 spiro atoms.